The highest BCUT2D eigenvalue weighted by molar-refractivity contribution is 7.98. The van der Waals surface area contributed by atoms with Crippen LogP contribution in [0.15, 0.2) is 90.3 Å². The van der Waals surface area contributed by atoms with Crippen molar-refractivity contribution in [2.45, 2.75) is 10.6 Å². The fourth-order valence-electron chi connectivity index (χ4n) is 3.43. The number of nitrogens with one attached hydrogen (secondary N) is 2. The summed E-state index contributed by atoms with van der Waals surface area (Å²) >= 11 is 1.70. The van der Waals surface area contributed by atoms with E-state index in [0.29, 0.717) is 11.4 Å². The summed E-state index contributed by atoms with van der Waals surface area (Å²) in [7, 11) is 0. The van der Waals surface area contributed by atoms with Crippen LogP contribution < -0.4 is 5.32 Å². The van der Waals surface area contributed by atoms with Crippen molar-refractivity contribution in [1.29, 1.82) is 0 Å². The van der Waals surface area contributed by atoms with E-state index in [-0.39, 0.29) is 5.91 Å². The molecule has 2 aromatic carbocycles. The van der Waals surface area contributed by atoms with Crippen molar-refractivity contribution < 1.29 is 4.79 Å². The summed E-state index contributed by atoms with van der Waals surface area (Å²) in [6, 6.07) is 19.9. The Morgan fingerprint density at radius 2 is 1.83 bits per heavy atom. The number of H-pyrrole nitrogens is 1. The van der Waals surface area contributed by atoms with Gasteiger partial charge in [0.15, 0.2) is 0 Å². The Morgan fingerprint density at radius 3 is 2.70 bits per heavy atom. The number of anilines is 1. The normalized spacial score (nSPS) is 11.1. The average molecular weight is 411 g/mol. The van der Waals surface area contributed by atoms with Crippen molar-refractivity contribution in [1.82, 2.24) is 15.0 Å². The molecule has 30 heavy (non-hydrogen) atoms. The van der Waals surface area contributed by atoms with E-state index in [9.17, 15) is 4.79 Å². The number of benzene rings is 2. The fraction of sp³-hybridized carbons (Fsp3) is 0.0417. The third-order valence-corrected chi connectivity index (χ3v) is 6.06. The third kappa shape index (κ3) is 3.65. The molecule has 1 amide bonds. The molecule has 6 heteroatoms. The lowest BCUT2D eigenvalue weighted by atomic mass is 10.1. The second-order valence-corrected chi connectivity index (χ2v) is 7.91. The quantitative estimate of drug-likeness (QED) is 0.367. The molecule has 0 radical (unpaired) electrons. The maximum Gasteiger partial charge on any atom is 0.259 e. The molecule has 0 saturated heterocycles. The minimum absolute atomic E-state index is 0.180. The van der Waals surface area contributed by atoms with E-state index in [1.807, 2.05) is 60.7 Å². The molecule has 0 saturated carbocycles. The van der Waals surface area contributed by atoms with Crippen LogP contribution in [0.2, 0.25) is 0 Å². The minimum atomic E-state index is -0.180. The number of carbonyl (C=O) groups is 1. The van der Waals surface area contributed by atoms with Crippen LogP contribution in [0, 0.1) is 0 Å². The van der Waals surface area contributed by atoms with Gasteiger partial charge in [-0.05, 0) is 41.3 Å². The number of rotatable bonds is 5. The number of aromatic nitrogens is 3. The maximum atomic E-state index is 13.1. The van der Waals surface area contributed by atoms with Crippen LogP contribution in [0.3, 0.4) is 0 Å². The first-order valence-electron chi connectivity index (χ1n) is 9.56. The Labute approximate surface area is 177 Å². The van der Waals surface area contributed by atoms with E-state index < -0.39 is 0 Å². The second kappa shape index (κ2) is 8.00. The van der Waals surface area contributed by atoms with Crippen molar-refractivity contribution in [3.05, 3.63) is 96.6 Å². The third-order valence-electron chi connectivity index (χ3n) is 4.93. The van der Waals surface area contributed by atoms with Crippen molar-refractivity contribution in [2.75, 3.05) is 5.32 Å². The molecule has 146 valence electrons. The molecule has 0 aliphatic rings. The Hall–Kier alpha value is -3.64. The molecule has 0 fully saturated rings. The van der Waals surface area contributed by atoms with Gasteiger partial charge in [-0.1, -0.05) is 30.3 Å². The lowest BCUT2D eigenvalue weighted by Crippen LogP contribution is -2.12. The molecule has 0 unspecified atom stereocenters. The van der Waals surface area contributed by atoms with Crippen LogP contribution in [0.1, 0.15) is 15.9 Å². The van der Waals surface area contributed by atoms with Crippen LogP contribution in [0.5, 0.6) is 0 Å². The number of pyridine rings is 2. The lowest BCUT2D eigenvalue weighted by molar-refractivity contribution is 0.102. The summed E-state index contributed by atoms with van der Waals surface area (Å²) in [5.41, 5.74) is 2.73. The molecule has 2 N–H and O–H groups in total. The number of aromatic amines is 1. The fourth-order valence-corrected chi connectivity index (χ4v) is 4.48. The summed E-state index contributed by atoms with van der Waals surface area (Å²) in [6.45, 7) is 0. The van der Waals surface area contributed by atoms with Gasteiger partial charge in [-0.15, -0.1) is 11.8 Å². The second-order valence-electron chi connectivity index (χ2n) is 6.90. The summed E-state index contributed by atoms with van der Waals surface area (Å²) < 4.78 is 0. The number of thioether (sulfide) groups is 1. The zero-order valence-corrected chi connectivity index (χ0v) is 16.8. The smallest absolute Gasteiger partial charge is 0.259 e. The molecule has 0 aliphatic heterocycles. The van der Waals surface area contributed by atoms with E-state index in [1.165, 1.54) is 5.56 Å². The molecule has 5 nitrogen and oxygen atoms in total. The number of hydrogen-bond acceptors (Lipinski definition) is 4. The summed E-state index contributed by atoms with van der Waals surface area (Å²) in [4.78, 5) is 25.8. The number of fused-ring (bicyclic) bond motifs is 2. The Bertz CT molecular complexity index is 1350. The zero-order chi connectivity index (χ0) is 20.3. The van der Waals surface area contributed by atoms with Crippen LogP contribution in [-0.2, 0) is 5.75 Å². The molecule has 3 aromatic heterocycles. The zero-order valence-electron chi connectivity index (χ0n) is 16.0. The number of amides is 1. The topological polar surface area (TPSA) is 70.7 Å². The molecule has 0 bridgehead atoms. The summed E-state index contributed by atoms with van der Waals surface area (Å²) in [5, 5.41) is 5.94. The molecular weight excluding hydrogens is 392 g/mol. The highest BCUT2D eigenvalue weighted by atomic mass is 32.2. The monoisotopic (exact) mass is 410 g/mol. The Morgan fingerprint density at radius 1 is 1.00 bits per heavy atom. The van der Waals surface area contributed by atoms with Gasteiger partial charge in [-0.2, -0.15) is 0 Å². The SMILES string of the molecule is O=C(Nc1cc2ccccc2cn1)c1c[nH]c2cccc(SCc3ccncc3)c12. The van der Waals surface area contributed by atoms with Crippen LogP contribution in [0.4, 0.5) is 5.82 Å². The lowest BCUT2D eigenvalue weighted by Gasteiger charge is -2.08. The predicted octanol–water partition coefficient (Wildman–Crippen LogP) is 5.66. The number of nitrogens with zero attached hydrogens (tertiary/aromatic N) is 2. The van der Waals surface area contributed by atoms with E-state index in [1.54, 1.807) is 36.5 Å². The van der Waals surface area contributed by atoms with Gasteiger partial charge < -0.3 is 10.3 Å². The van der Waals surface area contributed by atoms with Gasteiger partial charge in [0.1, 0.15) is 5.82 Å². The molecule has 3 heterocycles. The van der Waals surface area contributed by atoms with Gasteiger partial charge in [0.25, 0.3) is 5.91 Å². The van der Waals surface area contributed by atoms with Gasteiger partial charge in [-0.3, -0.25) is 9.78 Å². The van der Waals surface area contributed by atoms with E-state index >= 15 is 0 Å². The van der Waals surface area contributed by atoms with Gasteiger partial charge >= 0.3 is 0 Å². The van der Waals surface area contributed by atoms with Gasteiger partial charge in [0.05, 0.1) is 5.56 Å². The minimum Gasteiger partial charge on any atom is -0.360 e. The first-order chi connectivity index (χ1) is 14.8. The van der Waals surface area contributed by atoms with Crippen LogP contribution >= 0.6 is 11.8 Å². The molecule has 5 rings (SSSR count). The Kier molecular flexibility index (Phi) is 4.91. The first kappa shape index (κ1) is 18.4. The molecule has 0 spiro atoms. The molecule has 0 aliphatic carbocycles. The van der Waals surface area contributed by atoms with Crippen molar-refractivity contribution in [3.63, 3.8) is 0 Å². The number of carbonyl (C=O) groups excluding carboxylic acids is 1. The number of hydrogen-bond donors (Lipinski definition) is 2. The standard InChI is InChI=1S/C24H18N4OS/c29-24(28-22-12-17-4-1-2-5-18(17)13-27-22)19-14-26-20-6-3-7-21(23(19)20)30-15-16-8-10-25-11-9-16/h1-14,26H,15H2,(H,27,28,29). The average Bonchev–Trinajstić information content (AvgIpc) is 3.23. The van der Waals surface area contributed by atoms with Crippen LogP contribution in [0.25, 0.3) is 21.7 Å². The van der Waals surface area contributed by atoms with E-state index in [0.717, 1.165) is 32.3 Å². The maximum absolute atomic E-state index is 13.1. The Balaban J connectivity index is 1.43. The van der Waals surface area contributed by atoms with Crippen molar-refractivity contribution >= 4 is 45.2 Å². The highest BCUT2D eigenvalue weighted by Crippen LogP contribution is 2.33. The molecular formula is C24H18N4OS. The van der Waals surface area contributed by atoms with Crippen LogP contribution in [-0.4, -0.2) is 20.9 Å². The first-order valence-corrected chi connectivity index (χ1v) is 10.5. The van der Waals surface area contributed by atoms with Crippen molar-refractivity contribution in [2.24, 2.45) is 0 Å². The largest absolute Gasteiger partial charge is 0.360 e. The molecule has 5 aromatic rings. The molecule has 0 atom stereocenters. The van der Waals surface area contributed by atoms with Crippen molar-refractivity contribution in [3.8, 4) is 0 Å². The van der Waals surface area contributed by atoms with E-state index in [2.05, 4.69) is 20.3 Å². The summed E-state index contributed by atoms with van der Waals surface area (Å²) in [6.07, 6.45) is 7.12. The van der Waals surface area contributed by atoms with E-state index in [4.69, 9.17) is 0 Å². The highest BCUT2D eigenvalue weighted by Gasteiger charge is 2.16. The van der Waals surface area contributed by atoms with Gasteiger partial charge in [-0.25, -0.2) is 4.98 Å². The summed E-state index contributed by atoms with van der Waals surface area (Å²) in [5.74, 6) is 1.16. The predicted molar refractivity (Wildman–Crippen MR) is 122 cm³/mol. The van der Waals surface area contributed by atoms with Gasteiger partial charge in [0, 0.05) is 51.7 Å². The van der Waals surface area contributed by atoms with Gasteiger partial charge in [0.2, 0.25) is 0 Å².